The van der Waals surface area contributed by atoms with E-state index in [0.29, 0.717) is 18.0 Å². The molecule has 0 aromatic heterocycles. The second-order valence-electron chi connectivity index (χ2n) is 6.42. The van der Waals surface area contributed by atoms with Crippen LogP contribution in [0.1, 0.15) is 45.4 Å². The lowest BCUT2D eigenvalue weighted by Crippen LogP contribution is -2.52. The summed E-state index contributed by atoms with van der Waals surface area (Å²) in [4.78, 5) is 17.0. The maximum Gasteiger partial charge on any atom is 0.239 e. The molecular weight excluding hydrogens is 238 g/mol. The Morgan fingerprint density at radius 2 is 1.79 bits per heavy atom. The Balaban J connectivity index is 1.54. The zero-order valence-electron chi connectivity index (χ0n) is 12.1. The highest BCUT2D eigenvalue weighted by Gasteiger charge is 2.37. The third kappa shape index (κ3) is 2.79. The highest BCUT2D eigenvalue weighted by molar-refractivity contribution is 5.81. The van der Waals surface area contributed by atoms with Gasteiger partial charge in [-0.25, -0.2) is 0 Å². The Kier molecular flexibility index (Phi) is 4.08. The van der Waals surface area contributed by atoms with Crippen molar-refractivity contribution < 1.29 is 4.79 Å². The first-order valence-electron chi connectivity index (χ1n) is 8.04. The Morgan fingerprint density at radius 1 is 1.05 bits per heavy atom. The van der Waals surface area contributed by atoms with Gasteiger partial charge in [-0.05, 0) is 45.6 Å². The minimum absolute atomic E-state index is 0.00928. The summed E-state index contributed by atoms with van der Waals surface area (Å²) in [7, 11) is 0. The van der Waals surface area contributed by atoms with Crippen molar-refractivity contribution >= 4 is 5.91 Å². The topological polar surface area (TPSA) is 35.6 Å². The highest BCUT2D eigenvalue weighted by atomic mass is 16.2. The van der Waals surface area contributed by atoms with Crippen LogP contribution in [0.25, 0.3) is 0 Å². The fourth-order valence-corrected chi connectivity index (χ4v) is 4.05. The molecule has 0 radical (unpaired) electrons. The predicted molar refractivity (Wildman–Crippen MR) is 76.0 cm³/mol. The van der Waals surface area contributed by atoms with Gasteiger partial charge in [-0.2, -0.15) is 0 Å². The lowest BCUT2D eigenvalue weighted by atomic mass is 9.98. The molecule has 3 rings (SSSR count). The van der Waals surface area contributed by atoms with E-state index in [1.54, 1.807) is 0 Å². The summed E-state index contributed by atoms with van der Waals surface area (Å²) in [6, 6.07) is 1.20. The van der Waals surface area contributed by atoms with Crippen molar-refractivity contribution in [3.8, 4) is 0 Å². The molecule has 1 amide bonds. The summed E-state index contributed by atoms with van der Waals surface area (Å²) in [6.45, 7) is 6.45. The molecule has 0 spiro atoms. The normalized spacial score (nSPS) is 33.4. The summed E-state index contributed by atoms with van der Waals surface area (Å²) >= 11 is 0. The molecule has 4 heteroatoms. The lowest BCUT2D eigenvalue weighted by molar-refractivity contribution is -0.132. The van der Waals surface area contributed by atoms with Gasteiger partial charge < -0.3 is 10.2 Å². The second-order valence-corrected chi connectivity index (χ2v) is 6.42. The van der Waals surface area contributed by atoms with E-state index in [0.717, 1.165) is 13.1 Å². The molecule has 108 valence electrons. The van der Waals surface area contributed by atoms with Crippen LogP contribution < -0.4 is 5.32 Å². The van der Waals surface area contributed by atoms with E-state index in [9.17, 15) is 4.79 Å². The van der Waals surface area contributed by atoms with Crippen molar-refractivity contribution in [1.29, 1.82) is 0 Å². The van der Waals surface area contributed by atoms with Gasteiger partial charge in [-0.3, -0.25) is 9.69 Å². The maximum atomic E-state index is 12.3. The van der Waals surface area contributed by atoms with E-state index in [-0.39, 0.29) is 6.04 Å². The Bertz CT molecular complexity index is 327. The number of fused-ring (bicyclic) bond motifs is 1. The van der Waals surface area contributed by atoms with Crippen LogP contribution in [0.5, 0.6) is 0 Å². The van der Waals surface area contributed by atoms with Crippen molar-refractivity contribution in [2.24, 2.45) is 0 Å². The van der Waals surface area contributed by atoms with Crippen molar-refractivity contribution in [2.75, 3.05) is 26.2 Å². The Morgan fingerprint density at radius 3 is 2.58 bits per heavy atom. The molecule has 19 heavy (non-hydrogen) atoms. The number of hydrogen-bond donors (Lipinski definition) is 1. The molecule has 3 atom stereocenters. The van der Waals surface area contributed by atoms with E-state index < -0.39 is 0 Å². The van der Waals surface area contributed by atoms with Gasteiger partial charge in [0, 0.05) is 31.7 Å². The first kappa shape index (κ1) is 13.4. The Labute approximate surface area is 116 Å². The smallest absolute Gasteiger partial charge is 0.239 e. The van der Waals surface area contributed by atoms with Crippen LogP contribution >= 0.6 is 0 Å². The molecule has 3 unspecified atom stereocenters. The third-order valence-electron chi connectivity index (χ3n) is 5.11. The van der Waals surface area contributed by atoms with E-state index in [2.05, 4.69) is 10.2 Å². The molecule has 0 bridgehead atoms. The van der Waals surface area contributed by atoms with Gasteiger partial charge >= 0.3 is 0 Å². The molecule has 0 aromatic carbocycles. The van der Waals surface area contributed by atoms with Gasteiger partial charge in [-0.1, -0.05) is 6.42 Å². The molecule has 3 heterocycles. The molecule has 3 aliphatic rings. The molecule has 3 fully saturated rings. The maximum absolute atomic E-state index is 12.3. The minimum atomic E-state index is -0.00928. The SMILES string of the molecule is CC(NC1CCN2CCCCC12)C(=O)N1CCCC1. The summed E-state index contributed by atoms with van der Waals surface area (Å²) in [5.41, 5.74) is 0. The van der Waals surface area contributed by atoms with Gasteiger partial charge in [0.25, 0.3) is 0 Å². The lowest BCUT2D eigenvalue weighted by Gasteiger charge is -2.34. The van der Waals surface area contributed by atoms with Crippen molar-refractivity contribution in [1.82, 2.24) is 15.1 Å². The molecule has 3 aliphatic heterocycles. The molecule has 0 aromatic rings. The molecule has 1 N–H and O–H groups in total. The van der Waals surface area contributed by atoms with Crippen LogP contribution in [0.3, 0.4) is 0 Å². The van der Waals surface area contributed by atoms with Crippen LogP contribution in [0.2, 0.25) is 0 Å². The predicted octanol–water partition coefficient (Wildman–Crippen LogP) is 1.21. The molecule has 3 saturated heterocycles. The molecule has 0 saturated carbocycles. The summed E-state index contributed by atoms with van der Waals surface area (Å²) < 4.78 is 0. The number of amides is 1. The minimum Gasteiger partial charge on any atom is -0.341 e. The first-order valence-corrected chi connectivity index (χ1v) is 8.04. The second kappa shape index (κ2) is 5.80. The molecule has 4 nitrogen and oxygen atoms in total. The van der Waals surface area contributed by atoms with Gasteiger partial charge in [0.2, 0.25) is 5.91 Å². The van der Waals surface area contributed by atoms with Crippen LogP contribution in [0.15, 0.2) is 0 Å². The monoisotopic (exact) mass is 265 g/mol. The van der Waals surface area contributed by atoms with E-state index in [1.165, 1.54) is 51.6 Å². The third-order valence-corrected chi connectivity index (χ3v) is 5.11. The number of rotatable bonds is 3. The summed E-state index contributed by atoms with van der Waals surface area (Å²) in [5.74, 6) is 0.312. The highest BCUT2D eigenvalue weighted by Crippen LogP contribution is 2.27. The zero-order valence-corrected chi connectivity index (χ0v) is 12.1. The number of piperidine rings is 1. The first-order chi connectivity index (χ1) is 9.25. The van der Waals surface area contributed by atoms with Crippen molar-refractivity contribution in [3.05, 3.63) is 0 Å². The number of nitrogens with one attached hydrogen (secondary N) is 1. The van der Waals surface area contributed by atoms with Gasteiger partial charge in [0.1, 0.15) is 0 Å². The van der Waals surface area contributed by atoms with Crippen LogP contribution in [0, 0.1) is 0 Å². The number of carbonyl (C=O) groups is 1. The fraction of sp³-hybridized carbons (Fsp3) is 0.933. The van der Waals surface area contributed by atoms with Crippen molar-refractivity contribution in [2.45, 2.75) is 63.6 Å². The van der Waals surface area contributed by atoms with E-state index in [4.69, 9.17) is 0 Å². The molecular formula is C15H27N3O. The number of hydrogen-bond acceptors (Lipinski definition) is 3. The number of likely N-dealkylation sites (tertiary alicyclic amines) is 1. The van der Waals surface area contributed by atoms with Gasteiger partial charge in [0.05, 0.1) is 6.04 Å². The average molecular weight is 265 g/mol. The standard InChI is InChI=1S/C15H27N3O/c1-12(15(19)18-9-4-5-10-18)16-13-7-11-17-8-3-2-6-14(13)17/h12-14,16H,2-11H2,1H3. The van der Waals surface area contributed by atoms with Crippen LogP contribution in [0.4, 0.5) is 0 Å². The van der Waals surface area contributed by atoms with E-state index >= 15 is 0 Å². The van der Waals surface area contributed by atoms with Gasteiger partial charge in [-0.15, -0.1) is 0 Å². The Hall–Kier alpha value is -0.610. The van der Waals surface area contributed by atoms with Gasteiger partial charge in [0.15, 0.2) is 0 Å². The number of nitrogens with zero attached hydrogens (tertiary/aromatic N) is 2. The van der Waals surface area contributed by atoms with Crippen molar-refractivity contribution in [3.63, 3.8) is 0 Å². The van der Waals surface area contributed by atoms with Crippen LogP contribution in [-0.2, 0) is 4.79 Å². The average Bonchev–Trinajstić information content (AvgIpc) is 3.08. The zero-order chi connectivity index (χ0) is 13.2. The number of carbonyl (C=O) groups excluding carboxylic acids is 1. The quantitative estimate of drug-likeness (QED) is 0.833. The van der Waals surface area contributed by atoms with E-state index in [1.807, 2.05) is 11.8 Å². The summed E-state index contributed by atoms with van der Waals surface area (Å²) in [5, 5.41) is 3.62. The fourth-order valence-electron chi connectivity index (χ4n) is 4.05. The van der Waals surface area contributed by atoms with Crippen LogP contribution in [-0.4, -0.2) is 60.0 Å². The summed E-state index contributed by atoms with van der Waals surface area (Å²) in [6.07, 6.45) is 7.58. The largest absolute Gasteiger partial charge is 0.341 e. The molecule has 0 aliphatic carbocycles.